The summed E-state index contributed by atoms with van der Waals surface area (Å²) in [7, 11) is 0. The second-order valence-electron chi connectivity index (χ2n) is 7.65. The number of piperazine rings is 1. The molecule has 0 aliphatic carbocycles. The van der Waals surface area contributed by atoms with Gasteiger partial charge in [0, 0.05) is 44.5 Å². The average Bonchev–Trinajstić information content (AvgIpc) is 3.13. The summed E-state index contributed by atoms with van der Waals surface area (Å²) < 4.78 is 2.14. The minimum atomic E-state index is 0.317. The molecule has 0 unspecified atom stereocenters. The molecule has 0 saturated carbocycles. The van der Waals surface area contributed by atoms with E-state index in [1.165, 1.54) is 5.69 Å². The summed E-state index contributed by atoms with van der Waals surface area (Å²) >= 11 is 0. The molecule has 3 aromatic rings. The molecule has 1 aliphatic heterocycles. The van der Waals surface area contributed by atoms with Crippen LogP contribution in [0.5, 0.6) is 0 Å². The van der Waals surface area contributed by atoms with Crippen LogP contribution < -0.4 is 10.2 Å². The fourth-order valence-electron chi connectivity index (χ4n) is 3.76. The third-order valence-electron chi connectivity index (χ3n) is 5.19. The molecule has 1 fully saturated rings. The molecule has 7 nitrogen and oxygen atoms in total. The van der Waals surface area contributed by atoms with Crippen molar-refractivity contribution in [1.82, 2.24) is 24.4 Å². The molecule has 3 heterocycles. The molecule has 1 saturated heterocycles. The van der Waals surface area contributed by atoms with Gasteiger partial charge in [0.1, 0.15) is 11.8 Å². The predicted octanol–water partition coefficient (Wildman–Crippen LogP) is 2.86. The third kappa shape index (κ3) is 4.25. The summed E-state index contributed by atoms with van der Waals surface area (Å²) in [5.74, 6) is 0.816. The van der Waals surface area contributed by atoms with Crippen molar-refractivity contribution in [2.75, 3.05) is 42.9 Å². The van der Waals surface area contributed by atoms with Crippen molar-refractivity contribution in [3.8, 4) is 0 Å². The smallest absolute Gasteiger partial charge is 0.165 e. The summed E-state index contributed by atoms with van der Waals surface area (Å²) in [6, 6.07) is 11.0. The molecule has 0 spiro atoms. The van der Waals surface area contributed by atoms with Crippen LogP contribution in [-0.2, 0) is 6.54 Å². The number of fused-ring (bicyclic) bond motifs is 1. The zero-order chi connectivity index (χ0) is 19.3. The molecule has 0 atom stereocenters. The number of imidazole rings is 1. The van der Waals surface area contributed by atoms with Crippen LogP contribution in [0.15, 0.2) is 43.0 Å². The van der Waals surface area contributed by atoms with E-state index in [2.05, 4.69) is 78.8 Å². The summed E-state index contributed by atoms with van der Waals surface area (Å²) in [5, 5.41) is 3.35. The van der Waals surface area contributed by atoms with Gasteiger partial charge in [-0.15, -0.1) is 0 Å². The maximum atomic E-state index is 4.54. The molecule has 2 aromatic heterocycles. The van der Waals surface area contributed by atoms with Crippen LogP contribution in [0.25, 0.3) is 11.2 Å². The SMILES string of the molecule is CC(C)Nc1ncnc2c1ncn2CCCN1CCN(c2ccccc2)CC1. The molecular formula is C21H29N7. The Labute approximate surface area is 166 Å². The van der Waals surface area contributed by atoms with Crippen molar-refractivity contribution in [2.24, 2.45) is 0 Å². The lowest BCUT2D eigenvalue weighted by molar-refractivity contribution is 0.251. The Hall–Kier alpha value is -2.67. The van der Waals surface area contributed by atoms with E-state index in [0.717, 1.165) is 62.7 Å². The Balaban J connectivity index is 1.29. The lowest BCUT2D eigenvalue weighted by Crippen LogP contribution is -2.46. The molecular weight excluding hydrogens is 350 g/mol. The highest BCUT2D eigenvalue weighted by Gasteiger charge is 2.17. The van der Waals surface area contributed by atoms with E-state index in [1.807, 2.05) is 6.33 Å². The van der Waals surface area contributed by atoms with E-state index in [9.17, 15) is 0 Å². The van der Waals surface area contributed by atoms with Crippen molar-refractivity contribution in [1.29, 1.82) is 0 Å². The molecule has 148 valence electrons. The zero-order valence-corrected chi connectivity index (χ0v) is 16.8. The number of anilines is 2. The first-order valence-electron chi connectivity index (χ1n) is 10.2. The van der Waals surface area contributed by atoms with Crippen molar-refractivity contribution >= 4 is 22.7 Å². The first-order valence-corrected chi connectivity index (χ1v) is 10.2. The lowest BCUT2D eigenvalue weighted by Gasteiger charge is -2.36. The van der Waals surface area contributed by atoms with Crippen LogP contribution in [0.4, 0.5) is 11.5 Å². The summed E-state index contributed by atoms with van der Waals surface area (Å²) in [4.78, 5) is 18.3. The quantitative estimate of drug-likeness (QED) is 0.681. The lowest BCUT2D eigenvalue weighted by atomic mass is 10.2. The summed E-state index contributed by atoms with van der Waals surface area (Å²) in [6.45, 7) is 10.6. The summed E-state index contributed by atoms with van der Waals surface area (Å²) in [6.07, 6.45) is 4.60. The van der Waals surface area contributed by atoms with Gasteiger partial charge in [-0.25, -0.2) is 15.0 Å². The number of aromatic nitrogens is 4. The number of nitrogens with one attached hydrogen (secondary N) is 1. The molecule has 0 bridgehead atoms. The average molecular weight is 380 g/mol. The van der Waals surface area contributed by atoms with E-state index < -0.39 is 0 Å². The van der Waals surface area contributed by atoms with Crippen molar-refractivity contribution in [3.63, 3.8) is 0 Å². The molecule has 1 aromatic carbocycles. The van der Waals surface area contributed by atoms with Crippen LogP contribution in [0, 0.1) is 0 Å². The normalized spacial score (nSPS) is 15.5. The molecule has 7 heteroatoms. The number of hydrogen-bond acceptors (Lipinski definition) is 6. The van der Waals surface area contributed by atoms with Gasteiger partial charge in [0.15, 0.2) is 11.5 Å². The maximum absolute atomic E-state index is 4.54. The second kappa shape index (κ2) is 8.56. The Morgan fingerprint density at radius 3 is 2.50 bits per heavy atom. The van der Waals surface area contributed by atoms with E-state index in [-0.39, 0.29) is 0 Å². The highest BCUT2D eigenvalue weighted by molar-refractivity contribution is 5.82. The first kappa shape index (κ1) is 18.7. The molecule has 0 amide bonds. The van der Waals surface area contributed by atoms with Gasteiger partial charge in [0.05, 0.1) is 6.33 Å². The Morgan fingerprint density at radius 1 is 0.964 bits per heavy atom. The van der Waals surface area contributed by atoms with Crippen LogP contribution in [0.2, 0.25) is 0 Å². The predicted molar refractivity (Wildman–Crippen MR) is 114 cm³/mol. The molecule has 0 radical (unpaired) electrons. The summed E-state index contributed by atoms with van der Waals surface area (Å²) in [5.41, 5.74) is 3.09. The fourth-order valence-corrected chi connectivity index (χ4v) is 3.76. The van der Waals surface area contributed by atoms with Gasteiger partial charge in [-0.1, -0.05) is 18.2 Å². The minimum absolute atomic E-state index is 0.317. The maximum Gasteiger partial charge on any atom is 0.165 e. The van der Waals surface area contributed by atoms with Crippen LogP contribution in [0.3, 0.4) is 0 Å². The topological polar surface area (TPSA) is 62.1 Å². The number of aryl methyl sites for hydroxylation is 1. The monoisotopic (exact) mass is 379 g/mol. The van der Waals surface area contributed by atoms with E-state index >= 15 is 0 Å². The molecule has 1 N–H and O–H groups in total. The second-order valence-corrected chi connectivity index (χ2v) is 7.65. The van der Waals surface area contributed by atoms with Gasteiger partial charge in [0.2, 0.25) is 0 Å². The highest BCUT2D eigenvalue weighted by Crippen LogP contribution is 2.19. The number of nitrogens with zero attached hydrogens (tertiary/aromatic N) is 6. The van der Waals surface area contributed by atoms with Crippen LogP contribution in [-0.4, -0.2) is 63.2 Å². The van der Waals surface area contributed by atoms with Gasteiger partial charge in [-0.05, 0) is 38.9 Å². The van der Waals surface area contributed by atoms with Gasteiger partial charge in [-0.3, -0.25) is 4.90 Å². The first-order chi connectivity index (χ1) is 13.7. The zero-order valence-electron chi connectivity index (χ0n) is 16.8. The van der Waals surface area contributed by atoms with Crippen molar-refractivity contribution < 1.29 is 0 Å². The number of rotatable bonds is 7. The highest BCUT2D eigenvalue weighted by atomic mass is 15.3. The van der Waals surface area contributed by atoms with E-state index in [1.54, 1.807) is 6.33 Å². The van der Waals surface area contributed by atoms with Crippen molar-refractivity contribution in [3.05, 3.63) is 43.0 Å². The van der Waals surface area contributed by atoms with Crippen LogP contribution >= 0.6 is 0 Å². The minimum Gasteiger partial charge on any atom is -0.369 e. The van der Waals surface area contributed by atoms with Gasteiger partial charge in [0.25, 0.3) is 0 Å². The Bertz CT molecular complexity index is 882. The number of para-hydroxylation sites is 1. The molecule has 28 heavy (non-hydrogen) atoms. The molecule has 1 aliphatic rings. The van der Waals surface area contributed by atoms with Crippen molar-refractivity contribution in [2.45, 2.75) is 32.9 Å². The Morgan fingerprint density at radius 2 is 1.75 bits per heavy atom. The van der Waals surface area contributed by atoms with E-state index in [0.29, 0.717) is 6.04 Å². The van der Waals surface area contributed by atoms with E-state index in [4.69, 9.17) is 0 Å². The fraction of sp³-hybridized carbons (Fsp3) is 0.476. The number of benzene rings is 1. The third-order valence-corrected chi connectivity index (χ3v) is 5.19. The number of hydrogen-bond donors (Lipinski definition) is 1. The van der Waals surface area contributed by atoms with Gasteiger partial charge >= 0.3 is 0 Å². The largest absolute Gasteiger partial charge is 0.369 e. The van der Waals surface area contributed by atoms with Gasteiger partial charge in [-0.2, -0.15) is 0 Å². The molecule has 4 rings (SSSR count). The van der Waals surface area contributed by atoms with Gasteiger partial charge < -0.3 is 14.8 Å². The standard InChI is InChI=1S/C21H29N7/c1-17(2)25-20-19-21(23-15-22-20)28(16-24-19)10-6-9-26-11-13-27(14-12-26)18-7-4-3-5-8-18/h3-5,7-8,15-17H,6,9-14H2,1-2H3,(H,22,23,25). The Kier molecular flexibility index (Phi) is 5.71. The van der Waals surface area contributed by atoms with Crippen LogP contribution in [0.1, 0.15) is 20.3 Å².